The molecule has 1 N–H and O–H groups in total. The summed E-state index contributed by atoms with van der Waals surface area (Å²) >= 11 is 6.03. The van der Waals surface area contributed by atoms with Crippen molar-refractivity contribution in [1.29, 1.82) is 0 Å². The van der Waals surface area contributed by atoms with E-state index < -0.39 is 12.0 Å². The standard InChI is InChI=1S/C19H17ClF3N3O2/c1-28-16-7-6-12(10-13(16)20)11-17(27)24-8-9-26-15-5-3-2-4-14(15)25-18(26)19(21,22)23/h2-7,10H,8-9,11H2,1H3,(H,24,27). The monoisotopic (exact) mass is 411 g/mol. The molecule has 3 rings (SSSR count). The van der Waals surface area contributed by atoms with Gasteiger partial charge >= 0.3 is 6.18 Å². The number of halogens is 4. The predicted octanol–water partition coefficient (Wildman–Crippen LogP) is 4.08. The van der Waals surface area contributed by atoms with Crippen LogP contribution in [0, 0.1) is 0 Å². The first-order valence-electron chi connectivity index (χ1n) is 8.41. The van der Waals surface area contributed by atoms with Gasteiger partial charge in [0.15, 0.2) is 0 Å². The maximum atomic E-state index is 13.3. The minimum atomic E-state index is -4.58. The smallest absolute Gasteiger partial charge is 0.449 e. The van der Waals surface area contributed by atoms with E-state index in [1.807, 2.05) is 0 Å². The highest BCUT2D eigenvalue weighted by molar-refractivity contribution is 6.32. The van der Waals surface area contributed by atoms with Gasteiger partial charge in [-0.3, -0.25) is 4.79 Å². The summed E-state index contributed by atoms with van der Waals surface area (Å²) in [4.78, 5) is 15.8. The number of hydrogen-bond acceptors (Lipinski definition) is 3. The van der Waals surface area contributed by atoms with Crippen LogP contribution in [0.25, 0.3) is 11.0 Å². The van der Waals surface area contributed by atoms with Crippen LogP contribution in [0.3, 0.4) is 0 Å². The van der Waals surface area contributed by atoms with Crippen molar-refractivity contribution in [3.8, 4) is 5.75 Å². The lowest BCUT2D eigenvalue weighted by Gasteiger charge is -2.12. The third-order valence-electron chi connectivity index (χ3n) is 4.15. The Labute approximate surface area is 164 Å². The van der Waals surface area contributed by atoms with Crippen molar-refractivity contribution in [2.45, 2.75) is 19.1 Å². The molecule has 2 aromatic carbocycles. The van der Waals surface area contributed by atoms with Crippen LogP contribution in [0.2, 0.25) is 5.02 Å². The van der Waals surface area contributed by atoms with Crippen LogP contribution >= 0.6 is 11.6 Å². The fourth-order valence-electron chi connectivity index (χ4n) is 2.89. The quantitative estimate of drug-likeness (QED) is 0.665. The minimum absolute atomic E-state index is 0.0339. The average molecular weight is 412 g/mol. The van der Waals surface area contributed by atoms with E-state index in [1.165, 1.54) is 13.2 Å². The number of methoxy groups -OCH3 is 1. The summed E-state index contributed by atoms with van der Waals surface area (Å²) < 4.78 is 45.9. The summed E-state index contributed by atoms with van der Waals surface area (Å²) in [5, 5.41) is 3.01. The van der Waals surface area contributed by atoms with Gasteiger partial charge in [-0.05, 0) is 29.8 Å². The first kappa shape index (κ1) is 20.0. The van der Waals surface area contributed by atoms with E-state index in [1.54, 1.807) is 36.4 Å². The van der Waals surface area contributed by atoms with Crippen molar-refractivity contribution in [2.24, 2.45) is 0 Å². The van der Waals surface area contributed by atoms with Gasteiger partial charge in [0.2, 0.25) is 11.7 Å². The van der Waals surface area contributed by atoms with Gasteiger partial charge in [-0.2, -0.15) is 13.2 Å². The van der Waals surface area contributed by atoms with Crippen molar-refractivity contribution in [2.75, 3.05) is 13.7 Å². The highest BCUT2D eigenvalue weighted by Crippen LogP contribution is 2.31. The van der Waals surface area contributed by atoms with Gasteiger partial charge in [0, 0.05) is 13.1 Å². The van der Waals surface area contributed by atoms with Gasteiger partial charge in [0.25, 0.3) is 0 Å². The van der Waals surface area contributed by atoms with Crippen LogP contribution in [0.1, 0.15) is 11.4 Å². The van der Waals surface area contributed by atoms with E-state index >= 15 is 0 Å². The zero-order chi connectivity index (χ0) is 20.3. The minimum Gasteiger partial charge on any atom is -0.495 e. The largest absolute Gasteiger partial charge is 0.495 e. The molecule has 0 saturated heterocycles. The fraction of sp³-hybridized carbons (Fsp3) is 0.263. The molecule has 0 spiro atoms. The van der Waals surface area contributed by atoms with Crippen LogP contribution in [0.5, 0.6) is 5.75 Å². The van der Waals surface area contributed by atoms with Crippen molar-refractivity contribution in [3.63, 3.8) is 0 Å². The Bertz CT molecular complexity index is 1000. The summed E-state index contributed by atoms with van der Waals surface area (Å²) in [5.41, 5.74) is 1.30. The van der Waals surface area contributed by atoms with Gasteiger partial charge in [-0.25, -0.2) is 4.98 Å². The van der Waals surface area contributed by atoms with E-state index in [9.17, 15) is 18.0 Å². The molecule has 1 amide bonds. The average Bonchev–Trinajstić information content (AvgIpc) is 3.01. The van der Waals surface area contributed by atoms with Crippen LogP contribution in [-0.4, -0.2) is 29.1 Å². The fourth-order valence-corrected chi connectivity index (χ4v) is 3.17. The first-order valence-corrected chi connectivity index (χ1v) is 8.79. The number of amides is 1. The number of nitrogens with zero attached hydrogens (tertiary/aromatic N) is 2. The van der Waals surface area contributed by atoms with E-state index in [0.29, 0.717) is 21.9 Å². The Morgan fingerprint density at radius 2 is 2.00 bits per heavy atom. The molecule has 5 nitrogen and oxygen atoms in total. The molecule has 1 aromatic heterocycles. The number of imidazole rings is 1. The van der Waals surface area contributed by atoms with Crippen LogP contribution in [0.4, 0.5) is 13.2 Å². The summed E-state index contributed by atoms with van der Waals surface area (Å²) in [6, 6.07) is 11.3. The second-order valence-electron chi connectivity index (χ2n) is 6.07. The Balaban J connectivity index is 1.66. The number of para-hydroxylation sites is 2. The SMILES string of the molecule is COc1ccc(CC(=O)NCCn2c(C(F)(F)F)nc3ccccc32)cc1Cl. The number of carbonyl (C=O) groups is 1. The molecule has 9 heteroatoms. The topological polar surface area (TPSA) is 56.1 Å². The summed E-state index contributed by atoms with van der Waals surface area (Å²) in [6.07, 6.45) is -4.52. The maximum absolute atomic E-state index is 13.3. The van der Waals surface area contributed by atoms with Crippen molar-refractivity contribution in [1.82, 2.24) is 14.9 Å². The highest BCUT2D eigenvalue weighted by Gasteiger charge is 2.37. The molecule has 0 aliphatic rings. The molecule has 0 atom stereocenters. The molecule has 0 unspecified atom stereocenters. The van der Waals surface area contributed by atoms with Crippen LogP contribution in [0.15, 0.2) is 42.5 Å². The number of hydrogen-bond donors (Lipinski definition) is 1. The molecular formula is C19H17ClF3N3O2. The van der Waals surface area contributed by atoms with Gasteiger partial charge < -0.3 is 14.6 Å². The second kappa shape index (κ2) is 8.10. The van der Waals surface area contributed by atoms with Crippen molar-refractivity contribution >= 4 is 28.5 Å². The molecule has 0 radical (unpaired) electrons. The van der Waals surface area contributed by atoms with Crippen LogP contribution in [-0.2, 0) is 23.9 Å². The predicted molar refractivity (Wildman–Crippen MR) is 99.5 cm³/mol. The molecule has 0 aliphatic heterocycles. The lowest BCUT2D eigenvalue weighted by Crippen LogP contribution is -2.29. The molecule has 28 heavy (non-hydrogen) atoms. The number of aromatic nitrogens is 2. The molecule has 0 saturated carbocycles. The zero-order valence-corrected chi connectivity index (χ0v) is 15.6. The second-order valence-corrected chi connectivity index (χ2v) is 6.48. The van der Waals surface area contributed by atoms with E-state index in [2.05, 4.69) is 10.3 Å². The summed E-state index contributed by atoms with van der Waals surface area (Å²) in [6.45, 7) is -0.0172. The van der Waals surface area contributed by atoms with E-state index in [0.717, 1.165) is 4.57 Å². The van der Waals surface area contributed by atoms with E-state index in [-0.39, 0.29) is 30.9 Å². The van der Waals surface area contributed by atoms with Crippen molar-refractivity contribution < 1.29 is 22.7 Å². The van der Waals surface area contributed by atoms with Gasteiger partial charge in [0.05, 0.1) is 29.6 Å². The molecule has 148 valence electrons. The Morgan fingerprint density at radius 3 is 2.68 bits per heavy atom. The van der Waals surface area contributed by atoms with Gasteiger partial charge in [-0.1, -0.05) is 29.8 Å². The van der Waals surface area contributed by atoms with Crippen molar-refractivity contribution in [3.05, 3.63) is 58.9 Å². The Kier molecular flexibility index (Phi) is 5.79. The summed E-state index contributed by atoms with van der Waals surface area (Å²) in [5.74, 6) is -0.804. The number of fused-ring (bicyclic) bond motifs is 1. The molecule has 1 heterocycles. The third kappa shape index (κ3) is 4.39. The number of benzene rings is 2. The number of ether oxygens (including phenoxy) is 1. The normalized spacial score (nSPS) is 11.6. The molecular weight excluding hydrogens is 395 g/mol. The molecule has 0 bridgehead atoms. The summed E-state index contributed by atoms with van der Waals surface area (Å²) in [7, 11) is 1.49. The molecule has 3 aromatic rings. The Hall–Kier alpha value is -2.74. The molecule has 0 fully saturated rings. The number of rotatable bonds is 6. The molecule has 0 aliphatic carbocycles. The highest BCUT2D eigenvalue weighted by atomic mass is 35.5. The van der Waals surface area contributed by atoms with E-state index in [4.69, 9.17) is 16.3 Å². The Morgan fingerprint density at radius 1 is 1.25 bits per heavy atom. The first-order chi connectivity index (χ1) is 13.3. The maximum Gasteiger partial charge on any atom is 0.449 e. The van der Waals surface area contributed by atoms with Crippen LogP contribution < -0.4 is 10.1 Å². The third-order valence-corrected chi connectivity index (χ3v) is 4.44. The number of alkyl halides is 3. The lowest BCUT2D eigenvalue weighted by molar-refractivity contribution is -0.146. The van der Waals surface area contributed by atoms with Gasteiger partial charge in [0.1, 0.15) is 5.75 Å². The number of nitrogens with one attached hydrogen (secondary N) is 1. The zero-order valence-electron chi connectivity index (χ0n) is 14.9. The number of carbonyl (C=O) groups excluding carboxylic acids is 1. The van der Waals surface area contributed by atoms with Gasteiger partial charge in [-0.15, -0.1) is 0 Å². The lowest BCUT2D eigenvalue weighted by atomic mass is 10.1.